The van der Waals surface area contributed by atoms with Gasteiger partial charge in [0.2, 0.25) is 0 Å². The average molecular weight is 424 g/mol. The minimum atomic E-state index is -0.558. The lowest BCUT2D eigenvalue weighted by Crippen LogP contribution is -2.23. The van der Waals surface area contributed by atoms with Crippen LogP contribution in [-0.4, -0.2) is 34.2 Å². The fourth-order valence-corrected chi connectivity index (χ4v) is 4.76. The Hall–Kier alpha value is -3.46. The molecule has 0 atom stereocenters. The Morgan fingerprint density at radius 2 is 2.00 bits per heavy atom. The van der Waals surface area contributed by atoms with E-state index in [1.807, 2.05) is 30.3 Å². The first kappa shape index (κ1) is 19.8. The van der Waals surface area contributed by atoms with Gasteiger partial charge in [-0.1, -0.05) is 18.2 Å². The fourth-order valence-electron chi connectivity index (χ4n) is 3.45. The molecule has 2 aromatic heterocycles. The number of carbonyl (C=O) groups excluding carboxylic acids is 3. The molecular weight excluding hydrogens is 404 g/mol. The molecule has 0 bridgehead atoms. The maximum absolute atomic E-state index is 12.2. The van der Waals surface area contributed by atoms with Crippen LogP contribution in [0.25, 0.3) is 5.69 Å². The van der Waals surface area contributed by atoms with Crippen LogP contribution in [0.1, 0.15) is 32.8 Å². The number of fused-ring (bicyclic) bond motifs is 1. The lowest BCUT2D eigenvalue weighted by molar-refractivity contribution is -0.146. The highest BCUT2D eigenvalue weighted by Gasteiger charge is 2.26. The maximum atomic E-state index is 12.2. The summed E-state index contributed by atoms with van der Waals surface area (Å²) >= 11 is 1.36. The molecule has 8 nitrogen and oxygen atoms in total. The summed E-state index contributed by atoms with van der Waals surface area (Å²) < 4.78 is 6.74. The lowest BCUT2D eigenvalue weighted by Gasteiger charge is -2.07. The average Bonchev–Trinajstić information content (AvgIpc) is 3.43. The third-order valence-electron chi connectivity index (χ3n) is 4.79. The number of hydrogen-bond acceptors (Lipinski definition) is 6. The summed E-state index contributed by atoms with van der Waals surface area (Å²) in [4.78, 5) is 37.2. The van der Waals surface area contributed by atoms with Gasteiger partial charge in [-0.3, -0.25) is 14.4 Å². The second-order valence-corrected chi connectivity index (χ2v) is 8.05. The fraction of sp³-hybridized carbons (Fsp3) is 0.238. The summed E-state index contributed by atoms with van der Waals surface area (Å²) in [5.41, 5.74) is 8.34. The molecule has 9 heteroatoms. The Morgan fingerprint density at radius 3 is 2.77 bits per heavy atom. The number of nitrogens with two attached hydrogens (primary N) is 1. The van der Waals surface area contributed by atoms with Crippen LogP contribution in [0.3, 0.4) is 0 Å². The summed E-state index contributed by atoms with van der Waals surface area (Å²) in [5, 5.41) is 7.31. The molecule has 1 aliphatic carbocycles. The van der Waals surface area contributed by atoms with E-state index in [2.05, 4.69) is 10.4 Å². The summed E-state index contributed by atoms with van der Waals surface area (Å²) in [6, 6.07) is 9.51. The zero-order valence-corrected chi connectivity index (χ0v) is 16.9. The van der Waals surface area contributed by atoms with Crippen LogP contribution < -0.4 is 11.1 Å². The van der Waals surface area contributed by atoms with Crippen molar-refractivity contribution in [2.75, 3.05) is 11.9 Å². The number of aryl methyl sites for hydroxylation is 1. The standard InChI is InChI=1S/C21H20N4O4S/c22-20(28)19-15-7-4-8-16(15)30-21(19)24-17(26)12-29-18(27)9-13-10-23-25(11-13)14-5-2-1-3-6-14/h1-3,5-6,10-11H,4,7-9,12H2,(H2,22,28)(H,24,26). The number of amides is 2. The van der Waals surface area contributed by atoms with Crippen molar-refractivity contribution in [3.63, 3.8) is 0 Å². The molecule has 0 aliphatic heterocycles. The number of carbonyl (C=O) groups is 3. The second kappa shape index (κ2) is 8.50. The van der Waals surface area contributed by atoms with E-state index in [-0.39, 0.29) is 6.42 Å². The predicted molar refractivity (Wildman–Crippen MR) is 112 cm³/mol. The SMILES string of the molecule is NC(=O)c1c(NC(=O)COC(=O)Cc2cnn(-c3ccccc3)c2)sc2c1CCC2. The third kappa shape index (κ3) is 4.25. The highest BCUT2D eigenvalue weighted by molar-refractivity contribution is 7.17. The van der Waals surface area contributed by atoms with Crippen molar-refractivity contribution < 1.29 is 19.1 Å². The van der Waals surface area contributed by atoms with E-state index in [1.165, 1.54) is 11.3 Å². The van der Waals surface area contributed by atoms with Crippen LogP contribution in [0.2, 0.25) is 0 Å². The van der Waals surface area contributed by atoms with Crippen molar-refractivity contribution in [3.05, 3.63) is 64.3 Å². The number of anilines is 1. The number of nitrogens with one attached hydrogen (secondary N) is 1. The first-order valence-corrected chi connectivity index (χ1v) is 10.3. The lowest BCUT2D eigenvalue weighted by atomic mass is 10.1. The van der Waals surface area contributed by atoms with Gasteiger partial charge in [-0.05, 0) is 37.0 Å². The van der Waals surface area contributed by atoms with E-state index < -0.39 is 24.4 Å². The number of aromatic nitrogens is 2. The largest absolute Gasteiger partial charge is 0.455 e. The van der Waals surface area contributed by atoms with Crippen LogP contribution in [-0.2, 0) is 33.6 Å². The van der Waals surface area contributed by atoms with Gasteiger partial charge in [-0.15, -0.1) is 11.3 Å². The number of benzene rings is 1. The van der Waals surface area contributed by atoms with Crippen molar-refractivity contribution >= 4 is 34.1 Å². The number of thiophene rings is 1. The van der Waals surface area contributed by atoms with Gasteiger partial charge in [0, 0.05) is 16.6 Å². The van der Waals surface area contributed by atoms with Crippen molar-refractivity contribution in [1.29, 1.82) is 0 Å². The van der Waals surface area contributed by atoms with Gasteiger partial charge in [-0.2, -0.15) is 5.10 Å². The minimum absolute atomic E-state index is 0.0000518. The van der Waals surface area contributed by atoms with Crippen LogP contribution in [0.5, 0.6) is 0 Å². The summed E-state index contributed by atoms with van der Waals surface area (Å²) in [6.45, 7) is -0.438. The molecule has 2 heterocycles. The molecule has 1 aromatic carbocycles. The van der Waals surface area contributed by atoms with Gasteiger partial charge in [0.05, 0.1) is 23.9 Å². The number of rotatable bonds is 7. The highest BCUT2D eigenvalue weighted by atomic mass is 32.1. The molecule has 3 N–H and O–H groups in total. The number of ether oxygens (including phenoxy) is 1. The zero-order valence-electron chi connectivity index (χ0n) is 16.1. The molecule has 154 valence electrons. The van der Waals surface area contributed by atoms with Gasteiger partial charge in [0.25, 0.3) is 11.8 Å². The number of primary amides is 1. The number of para-hydroxylation sites is 1. The second-order valence-electron chi connectivity index (χ2n) is 6.94. The van der Waals surface area contributed by atoms with E-state index in [0.717, 1.165) is 35.4 Å². The van der Waals surface area contributed by atoms with Crippen LogP contribution in [0.4, 0.5) is 5.00 Å². The number of hydrogen-bond donors (Lipinski definition) is 2. The third-order valence-corrected chi connectivity index (χ3v) is 6.00. The van der Waals surface area contributed by atoms with Crippen molar-refractivity contribution in [3.8, 4) is 5.69 Å². The summed E-state index contributed by atoms with van der Waals surface area (Å²) in [6.07, 6.45) is 5.96. The zero-order chi connectivity index (χ0) is 21.1. The van der Waals surface area contributed by atoms with Crippen molar-refractivity contribution in [1.82, 2.24) is 9.78 Å². The monoisotopic (exact) mass is 424 g/mol. The van der Waals surface area contributed by atoms with Gasteiger partial charge in [0.15, 0.2) is 6.61 Å². The molecule has 0 unspecified atom stereocenters. The molecule has 0 saturated carbocycles. The predicted octanol–water partition coefficient (Wildman–Crippen LogP) is 2.25. The Kier molecular flexibility index (Phi) is 5.62. The van der Waals surface area contributed by atoms with E-state index in [0.29, 0.717) is 16.1 Å². The van der Waals surface area contributed by atoms with E-state index in [9.17, 15) is 14.4 Å². The van der Waals surface area contributed by atoms with Crippen LogP contribution in [0, 0.1) is 0 Å². The first-order valence-electron chi connectivity index (χ1n) is 9.50. The number of esters is 1. The molecule has 3 aromatic rings. The Morgan fingerprint density at radius 1 is 1.20 bits per heavy atom. The summed E-state index contributed by atoms with van der Waals surface area (Å²) in [5.74, 6) is -1.61. The highest BCUT2D eigenvalue weighted by Crippen LogP contribution is 2.38. The molecule has 0 spiro atoms. The maximum Gasteiger partial charge on any atom is 0.310 e. The van der Waals surface area contributed by atoms with Gasteiger partial charge >= 0.3 is 5.97 Å². The number of nitrogens with zero attached hydrogens (tertiary/aromatic N) is 2. The molecule has 2 amide bonds. The molecule has 4 rings (SSSR count). The van der Waals surface area contributed by atoms with Crippen LogP contribution in [0.15, 0.2) is 42.7 Å². The molecule has 0 radical (unpaired) electrons. The molecule has 0 saturated heterocycles. The van der Waals surface area contributed by atoms with Gasteiger partial charge < -0.3 is 15.8 Å². The molecule has 30 heavy (non-hydrogen) atoms. The van der Waals surface area contributed by atoms with Crippen molar-refractivity contribution in [2.45, 2.75) is 25.7 Å². The Balaban J connectivity index is 1.31. The first-order chi connectivity index (χ1) is 14.5. The Bertz CT molecular complexity index is 1100. The minimum Gasteiger partial charge on any atom is -0.455 e. The van der Waals surface area contributed by atoms with Gasteiger partial charge in [0.1, 0.15) is 5.00 Å². The van der Waals surface area contributed by atoms with E-state index in [4.69, 9.17) is 10.5 Å². The van der Waals surface area contributed by atoms with E-state index >= 15 is 0 Å². The molecular formula is C21H20N4O4S. The summed E-state index contributed by atoms with van der Waals surface area (Å²) in [7, 11) is 0. The smallest absolute Gasteiger partial charge is 0.310 e. The van der Waals surface area contributed by atoms with Gasteiger partial charge in [-0.25, -0.2) is 4.68 Å². The molecule has 1 aliphatic rings. The van der Waals surface area contributed by atoms with Crippen LogP contribution >= 0.6 is 11.3 Å². The quantitative estimate of drug-likeness (QED) is 0.564. The Labute approximate surface area is 176 Å². The van der Waals surface area contributed by atoms with E-state index in [1.54, 1.807) is 17.1 Å². The topological polar surface area (TPSA) is 116 Å². The van der Waals surface area contributed by atoms with Crippen molar-refractivity contribution in [2.24, 2.45) is 5.73 Å². The normalized spacial score (nSPS) is 12.4. The molecule has 0 fully saturated rings.